The van der Waals surface area contributed by atoms with Gasteiger partial charge in [-0.15, -0.1) is 0 Å². The summed E-state index contributed by atoms with van der Waals surface area (Å²) in [4.78, 5) is 0. The van der Waals surface area contributed by atoms with Crippen LogP contribution in [0.4, 0.5) is 0 Å². The largest absolute Gasteiger partial charge is 0.316 e. The number of nitrogens with zero attached hydrogens (tertiary/aromatic N) is 1. The minimum Gasteiger partial charge on any atom is -0.316 e. The lowest BCUT2D eigenvalue weighted by Crippen LogP contribution is -2.34. The van der Waals surface area contributed by atoms with E-state index in [1.807, 2.05) is 13.8 Å². The highest BCUT2D eigenvalue weighted by Crippen LogP contribution is 2.42. The quantitative estimate of drug-likeness (QED) is 0.655. The molecule has 0 aliphatic heterocycles. The monoisotopic (exact) mass is 264 g/mol. The second-order valence-corrected chi connectivity index (χ2v) is 7.58. The molecule has 0 bridgehead atoms. The van der Waals surface area contributed by atoms with Crippen LogP contribution in [0.25, 0.3) is 0 Å². The summed E-state index contributed by atoms with van der Waals surface area (Å²) in [5, 5.41) is 12.7. The van der Waals surface area contributed by atoms with Crippen LogP contribution in [-0.4, -0.2) is 13.1 Å². The second-order valence-electron chi connectivity index (χ2n) is 7.58. The van der Waals surface area contributed by atoms with Gasteiger partial charge in [-0.2, -0.15) is 5.26 Å². The van der Waals surface area contributed by atoms with Crippen LogP contribution in [0.2, 0.25) is 0 Å². The van der Waals surface area contributed by atoms with Gasteiger partial charge in [0.05, 0.1) is 11.5 Å². The number of nitrogens with one attached hydrogen (secondary N) is 1. The summed E-state index contributed by atoms with van der Waals surface area (Å²) >= 11 is 0. The van der Waals surface area contributed by atoms with Crippen molar-refractivity contribution in [3.63, 3.8) is 0 Å². The SMILES string of the molecule is CC(C)CC1(CNCCCC(C)(C)C#N)CCCC1. The summed E-state index contributed by atoms with van der Waals surface area (Å²) in [6, 6.07) is 2.38. The predicted molar refractivity (Wildman–Crippen MR) is 81.9 cm³/mol. The van der Waals surface area contributed by atoms with Gasteiger partial charge in [-0.05, 0) is 63.8 Å². The van der Waals surface area contributed by atoms with Crippen LogP contribution >= 0.6 is 0 Å². The lowest BCUT2D eigenvalue weighted by molar-refractivity contribution is 0.223. The first kappa shape index (κ1) is 16.5. The smallest absolute Gasteiger partial charge is 0.0683 e. The van der Waals surface area contributed by atoms with Crippen molar-refractivity contribution in [2.75, 3.05) is 13.1 Å². The molecule has 1 fully saturated rings. The lowest BCUT2D eigenvalue weighted by Gasteiger charge is -2.31. The zero-order chi connectivity index (χ0) is 14.4. The molecule has 0 saturated heterocycles. The highest BCUT2D eigenvalue weighted by Gasteiger charge is 2.33. The van der Waals surface area contributed by atoms with Crippen molar-refractivity contribution in [2.24, 2.45) is 16.7 Å². The fourth-order valence-corrected chi connectivity index (χ4v) is 3.51. The Kier molecular flexibility index (Phi) is 6.33. The van der Waals surface area contributed by atoms with Crippen LogP contribution in [0.1, 0.15) is 72.6 Å². The van der Waals surface area contributed by atoms with Gasteiger partial charge in [0.25, 0.3) is 0 Å². The fraction of sp³-hybridized carbons (Fsp3) is 0.941. The van der Waals surface area contributed by atoms with Gasteiger partial charge in [-0.25, -0.2) is 0 Å². The van der Waals surface area contributed by atoms with Gasteiger partial charge >= 0.3 is 0 Å². The van der Waals surface area contributed by atoms with Crippen molar-refractivity contribution < 1.29 is 0 Å². The van der Waals surface area contributed by atoms with Crippen molar-refractivity contribution in [2.45, 2.75) is 72.6 Å². The first-order valence-electron chi connectivity index (χ1n) is 8.01. The zero-order valence-electron chi connectivity index (χ0n) is 13.4. The van der Waals surface area contributed by atoms with Gasteiger partial charge < -0.3 is 5.32 Å². The normalized spacial score (nSPS) is 18.7. The molecule has 0 spiro atoms. The van der Waals surface area contributed by atoms with Gasteiger partial charge in [0.2, 0.25) is 0 Å². The Bertz CT molecular complexity index is 293. The molecule has 0 atom stereocenters. The third kappa shape index (κ3) is 5.95. The van der Waals surface area contributed by atoms with Crippen molar-refractivity contribution in [1.82, 2.24) is 5.32 Å². The Morgan fingerprint density at radius 3 is 2.42 bits per heavy atom. The van der Waals surface area contributed by atoms with E-state index < -0.39 is 0 Å². The van der Waals surface area contributed by atoms with Crippen LogP contribution in [-0.2, 0) is 0 Å². The second kappa shape index (κ2) is 7.29. The molecule has 0 aromatic carbocycles. The zero-order valence-corrected chi connectivity index (χ0v) is 13.4. The molecule has 0 aromatic rings. The number of rotatable bonds is 8. The summed E-state index contributed by atoms with van der Waals surface area (Å²) in [6.45, 7) is 11.0. The highest BCUT2D eigenvalue weighted by atomic mass is 14.9. The van der Waals surface area contributed by atoms with Crippen LogP contribution in [0, 0.1) is 28.1 Å². The summed E-state index contributed by atoms with van der Waals surface area (Å²) in [5.41, 5.74) is 0.406. The standard InChI is InChI=1S/C17H32N2/c1-15(2)12-17(9-5-6-10-17)14-19-11-7-8-16(3,4)13-18/h15,19H,5-12,14H2,1-4H3. The van der Waals surface area contributed by atoms with E-state index in [2.05, 4.69) is 25.2 Å². The van der Waals surface area contributed by atoms with Crippen LogP contribution in [0.5, 0.6) is 0 Å². The first-order chi connectivity index (χ1) is 8.89. The van der Waals surface area contributed by atoms with E-state index in [1.165, 1.54) is 38.6 Å². The molecular weight excluding hydrogens is 232 g/mol. The Hall–Kier alpha value is -0.550. The van der Waals surface area contributed by atoms with Crippen molar-refractivity contribution in [3.05, 3.63) is 0 Å². The molecule has 1 N–H and O–H groups in total. The minimum absolute atomic E-state index is 0.162. The van der Waals surface area contributed by atoms with E-state index in [0.717, 1.165) is 25.3 Å². The fourth-order valence-electron chi connectivity index (χ4n) is 3.51. The van der Waals surface area contributed by atoms with Crippen molar-refractivity contribution in [1.29, 1.82) is 5.26 Å². The molecule has 0 radical (unpaired) electrons. The summed E-state index contributed by atoms with van der Waals surface area (Å²) in [5.74, 6) is 0.803. The number of nitriles is 1. The van der Waals surface area contributed by atoms with Crippen LogP contribution < -0.4 is 5.32 Å². The molecule has 1 saturated carbocycles. The summed E-state index contributed by atoms with van der Waals surface area (Å²) < 4.78 is 0. The molecule has 0 amide bonds. The van der Waals surface area contributed by atoms with Gasteiger partial charge in [-0.1, -0.05) is 26.7 Å². The number of hydrogen-bond acceptors (Lipinski definition) is 2. The number of hydrogen-bond donors (Lipinski definition) is 1. The molecule has 0 unspecified atom stereocenters. The molecule has 1 rings (SSSR count). The van der Waals surface area contributed by atoms with E-state index in [-0.39, 0.29) is 5.41 Å². The molecule has 2 nitrogen and oxygen atoms in total. The van der Waals surface area contributed by atoms with E-state index in [1.54, 1.807) is 0 Å². The molecular formula is C17H32N2. The minimum atomic E-state index is -0.162. The summed E-state index contributed by atoms with van der Waals surface area (Å²) in [7, 11) is 0. The van der Waals surface area contributed by atoms with E-state index >= 15 is 0 Å². The predicted octanol–water partition coefficient (Wildman–Crippen LogP) is 4.51. The van der Waals surface area contributed by atoms with Gasteiger partial charge in [-0.3, -0.25) is 0 Å². The maximum absolute atomic E-state index is 8.99. The Morgan fingerprint density at radius 1 is 1.26 bits per heavy atom. The lowest BCUT2D eigenvalue weighted by atomic mass is 9.78. The molecule has 1 aliphatic carbocycles. The molecule has 2 heteroatoms. The van der Waals surface area contributed by atoms with E-state index in [9.17, 15) is 0 Å². The Balaban J connectivity index is 2.25. The molecule has 1 aliphatic rings. The molecule has 19 heavy (non-hydrogen) atoms. The average molecular weight is 264 g/mol. The third-order valence-corrected chi connectivity index (χ3v) is 4.46. The highest BCUT2D eigenvalue weighted by molar-refractivity contribution is 4.91. The first-order valence-corrected chi connectivity index (χ1v) is 8.01. The summed E-state index contributed by atoms with van der Waals surface area (Å²) in [6.07, 6.45) is 9.10. The average Bonchev–Trinajstić information content (AvgIpc) is 2.76. The Labute approximate surface area is 120 Å². The third-order valence-electron chi connectivity index (χ3n) is 4.46. The van der Waals surface area contributed by atoms with Crippen molar-refractivity contribution >= 4 is 0 Å². The maximum Gasteiger partial charge on any atom is 0.0683 e. The molecule has 0 heterocycles. The van der Waals surface area contributed by atoms with Gasteiger partial charge in [0, 0.05) is 6.54 Å². The van der Waals surface area contributed by atoms with Crippen LogP contribution in [0.3, 0.4) is 0 Å². The molecule has 0 aromatic heterocycles. The topological polar surface area (TPSA) is 35.8 Å². The van der Waals surface area contributed by atoms with E-state index in [0.29, 0.717) is 5.41 Å². The maximum atomic E-state index is 8.99. The van der Waals surface area contributed by atoms with Crippen molar-refractivity contribution in [3.8, 4) is 6.07 Å². The van der Waals surface area contributed by atoms with Gasteiger partial charge in [0.1, 0.15) is 0 Å². The Morgan fingerprint density at radius 2 is 1.89 bits per heavy atom. The van der Waals surface area contributed by atoms with Crippen LogP contribution in [0.15, 0.2) is 0 Å². The molecule has 110 valence electrons. The van der Waals surface area contributed by atoms with Gasteiger partial charge in [0.15, 0.2) is 0 Å². The van der Waals surface area contributed by atoms with E-state index in [4.69, 9.17) is 5.26 Å².